The molecule has 4 atom stereocenters. The van der Waals surface area contributed by atoms with E-state index in [0.29, 0.717) is 46.7 Å². The van der Waals surface area contributed by atoms with Crippen LogP contribution in [0.2, 0.25) is 5.02 Å². The van der Waals surface area contributed by atoms with Gasteiger partial charge in [0, 0.05) is 29.5 Å². The van der Waals surface area contributed by atoms with E-state index < -0.39 is 11.7 Å². The Morgan fingerprint density at radius 3 is 2.58 bits per heavy atom. The highest BCUT2D eigenvalue weighted by atomic mass is 35.5. The van der Waals surface area contributed by atoms with E-state index >= 15 is 0 Å². The van der Waals surface area contributed by atoms with Crippen molar-refractivity contribution in [3.8, 4) is 5.75 Å². The molecule has 1 saturated carbocycles. The average Bonchev–Trinajstić information content (AvgIpc) is 2.98. The molecule has 1 aliphatic heterocycles. The summed E-state index contributed by atoms with van der Waals surface area (Å²) in [5.74, 6) is 0.312. The number of benzene rings is 3. The van der Waals surface area contributed by atoms with Crippen LogP contribution in [0.3, 0.4) is 0 Å². The molecular formula is C36H38ClNO5. The van der Waals surface area contributed by atoms with Crippen LogP contribution in [0.1, 0.15) is 72.9 Å². The summed E-state index contributed by atoms with van der Waals surface area (Å²) in [6.45, 7) is 6.04. The summed E-state index contributed by atoms with van der Waals surface area (Å²) in [6, 6.07) is 20.9. The van der Waals surface area contributed by atoms with Gasteiger partial charge in [0.25, 0.3) is 5.91 Å². The van der Waals surface area contributed by atoms with E-state index in [2.05, 4.69) is 0 Å². The molecule has 1 N–H and O–H groups in total. The van der Waals surface area contributed by atoms with Crippen LogP contribution >= 0.6 is 11.6 Å². The smallest absolute Gasteiger partial charge is 0.340 e. The summed E-state index contributed by atoms with van der Waals surface area (Å²) in [5.41, 5.74) is 3.49. The maximum atomic E-state index is 14.2. The molecule has 2 aliphatic rings. The Labute approximate surface area is 257 Å². The Kier molecular flexibility index (Phi) is 8.10. The first-order chi connectivity index (χ1) is 20.6. The number of halogens is 1. The Morgan fingerprint density at radius 2 is 1.84 bits per heavy atom. The number of nitrogens with zero attached hydrogens (tertiary/aromatic N) is 1. The van der Waals surface area contributed by atoms with Crippen LogP contribution in [-0.4, -0.2) is 34.2 Å². The summed E-state index contributed by atoms with van der Waals surface area (Å²) in [5, 5.41) is 13.0. The normalized spacial score (nSPS) is 22.7. The van der Waals surface area contributed by atoms with Crippen molar-refractivity contribution in [3.05, 3.63) is 110 Å². The SMILES string of the molecule is Cc1cc(O[C@@H](C)C(=O)N2CC[C@]3(O)CCCC[C@H]3[C@@H]2c2ccc(Cl)cc2)c2c(C)c(Cc3ccccc3)c(=O)oc2c1. The van der Waals surface area contributed by atoms with E-state index in [4.69, 9.17) is 20.8 Å². The topological polar surface area (TPSA) is 80.0 Å². The first-order valence-corrected chi connectivity index (χ1v) is 15.6. The lowest BCUT2D eigenvalue weighted by Gasteiger charge is -2.53. The Hall–Kier alpha value is -3.61. The maximum Gasteiger partial charge on any atom is 0.340 e. The molecular weight excluding hydrogens is 562 g/mol. The van der Waals surface area contributed by atoms with Gasteiger partial charge in [0.05, 0.1) is 17.0 Å². The molecule has 1 aliphatic carbocycles. The van der Waals surface area contributed by atoms with Crippen LogP contribution < -0.4 is 10.4 Å². The summed E-state index contributed by atoms with van der Waals surface area (Å²) >= 11 is 6.22. The van der Waals surface area contributed by atoms with Crippen LogP contribution in [0.15, 0.2) is 75.9 Å². The molecule has 0 radical (unpaired) electrons. The number of ether oxygens (including phenoxy) is 1. The largest absolute Gasteiger partial charge is 0.480 e. The minimum Gasteiger partial charge on any atom is -0.480 e. The number of amides is 1. The first kappa shape index (κ1) is 29.5. The van der Waals surface area contributed by atoms with E-state index in [1.165, 1.54) is 0 Å². The quantitative estimate of drug-likeness (QED) is 0.235. The van der Waals surface area contributed by atoms with Crippen molar-refractivity contribution in [1.29, 1.82) is 0 Å². The number of fused-ring (bicyclic) bond motifs is 2. The molecule has 43 heavy (non-hydrogen) atoms. The first-order valence-electron chi connectivity index (χ1n) is 15.2. The molecule has 2 heterocycles. The third-order valence-corrected chi connectivity index (χ3v) is 9.68. The third kappa shape index (κ3) is 5.71. The molecule has 0 unspecified atom stereocenters. The maximum absolute atomic E-state index is 14.2. The second kappa shape index (κ2) is 11.8. The zero-order valence-electron chi connectivity index (χ0n) is 24.9. The molecule has 6 nitrogen and oxygen atoms in total. The molecule has 224 valence electrons. The van der Waals surface area contributed by atoms with Gasteiger partial charge in [0.2, 0.25) is 0 Å². The standard InChI is InChI=1S/C36H38ClNO5/c1-22-19-30(32-23(2)28(35(40)43-31(32)20-22)21-25-9-5-4-6-10-25)42-24(3)34(39)38-18-17-36(41)16-8-7-11-29(36)33(38)26-12-14-27(37)15-13-26/h4-6,9-10,12-15,19-20,24,29,33,41H,7-8,11,16-18,21H2,1-3H3/t24-,29-,33-,36+/m0/s1. The predicted octanol–water partition coefficient (Wildman–Crippen LogP) is 7.32. The minimum absolute atomic E-state index is 0.0656. The molecule has 4 aromatic rings. The van der Waals surface area contributed by atoms with Gasteiger partial charge < -0.3 is 19.2 Å². The van der Waals surface area contributed by atoms with E-state index in [1.54, 1.807) is 6.92 Å². The number of aryl methyl sites for hydroxylation is 2. The second-order valence-electron chi connectivity index (χ2n) is 12.3. The van der Waals surface area contributed by atoms with Gasteiger partial charge in [-0.15, -0.1) is 0 Å². The fourth-order valence-electron chi connectivity index (χ4n) is 7.21. The number of hydrogen-bond acceptors (Lipinski definition) is 5. The van der Waals surface area contributed by atoms with Gasteiger partial charge in [-0.3, -0.25) is 4.79 Å². The van der Waals surface area contributed by atoms with Gasteiger partial charge in [0.1, 0.15) is 11.3 Å². The number of carbonyl (C=O) groups is 1. The van der Waals surface area contributed by atoms with Crippen molar-refractivity contribution in [3.63, 3.8) is 0 Å². The van der Waals surface area contributed by atoms with Crippen LogP contribution in [0.4, 0.5) is 0 Å². The average molecular weight is 600 g/mol. The number of rotatable bonds is 6. The van der Waals surface area contributed by atoms with Gasteiger partial charge in [-0.05, 0) is 86.6 Å². The van der Waals surface area contributed by atoms with Gasteiger partial charge in [-0.2, -0.15) is 0 Å². The van der Waals surface area contributed by atoms with E-state index in [1.807, 2.05) is 85.5 Å². The van der Waals surface area contributed by atoms with Crippen LogP contribution in [0, 0.1) is 19.8 Å². The van der Waals surface area contributed by atoms with Crippen molar-refractivity contribution >= 4 is 28.5 Å². The molecule has 3 aromatic carbocycles. The van der Waals surface area contributed by atoms with Crippen molar-refractivity contribution in [1.82, 2.24) is 4.90 Å². The fourth-order valence-corrected chi connectivity index (χ4v) is 7.34. The molecule has 6 rings (SSSR count). The third-order valence-electron chi connectivity index (χ3n) is 9.42. The van der Waals surface area contributed by atoms with Crippen LogP contribution in [-0.2, 0) is 11.2 Å². The number of piperidine rings is 1. The highest BCUT2D eigenvalue weighted by Gasteiger charge is 2.50. The molecule has 2 fully saturated rings. The molecule has 1 amide bonds. The number of likely N-dealkylation sites (tertiary alicyclic amines) is 1. The monoisotopic (exact) mass is 599 g/mol. The number of aliphatic hydroxyl groups is 1. The van der Waals surface area contributed by atoms with E-state index in [9.17, 15) is 14.7 Å². The van der Waals surface area contributed by atoms with E-state index in [-0.39, 0.29) is 23.5 Å². The molecule has 0 bridgehead atoms. The zero-order valence-corrected chi connectivity index (χ0v) is 25.7. The lowest BCUT2D eigenvalue weighted by atomic mass is 9.66. The summed E-state index contributed by atoms with van der Waals surface area (Å²) in [6.07, 6.45) is 3.80. The summed E-state index contributed by atoms with van der Waals surface area (Å²) in [7, 11) is 0. The summed E-state index contributed by atoms with van der Waals surface area (Å²) in [4.78, 5) is 29.2. The van der Waals surface area contributed by atoms with Gasteiger partial charge >= 0.3 is 5.63 Å². The molecule has 1 aromatic heterocycles. The van der Waals surface area contributed by atoms with Crippen molar-refractivity contribution < 1.29 is 19.1 Å². The lowest BCUT2D eigenvalue weighted by molar-refractivity contribution is -0.161. The van der Waals surface area contributed by atoms with Crippen LogP contribution in [0.5, 0.6) is 5.75 Å². The van der Waals surface area contributed by atoms with E-state index in [0.717, 1.165) is 47.9 Å². The lowest BCUT2D eigenvalue weighted by Crippen LogP contribution is -2.58. The number of hydrogen-bond donors (Lipinski definition) is 1. The predicted molar refractivity (Wildman–Crippen MR) is 169 cm³/mol. The van der Waals surface area contributed by atoms with Gasteiger partial charge in [0.15, 0.2) is 6.10 Å². The Bertz CT molecular complexity index is 1700. The molecule has 0 spiro atoms. The van der Waals surface area contributed by atoms with Crippen molar-refractivity contribution in [2.75, 3.05) is 6.54 Å². The van der Waals surface area contributed by atoms with Crippen LogP contribution in [0.25, 0.3) is 11.0 Å². The van der Waals surface area contributed by atoms with Crippen molar-refractivity contribution in [2.24, 2.45) is 5.92 Å². The highest BCUT2D eigenvalue weighted by molar-refractivity contribution is 6.30. The minimum atomic E-state index is -0.807. The summed E-state index contributed by atoms with van der Waals surface area (Å²) < 4.78 is 12.3. The Morgan fingerprint density at radius 1 is 1.09 bits per heavy atom. The fraction of sp³-hybridized carbons (Fsp3) is 0.389. The zero-order chi connectivity index (χ0) is 30.3. The molecule has 1 saturated heterocycles. The number of carbonyl (C=O) groups excluding carboxylic acids is 1. The van der Waals surface area contributed by atoms with Gasteiger partial charge in [-0.1, -0.05) is 66.9 Å². The Balaban J connectivity index is 1.34. The second-order valence-corrected chi connectivity index (χ2v) is 12.7. The molecule has 7 heteroatoms. The van der Waals surface area contributed by atoms with Gasteiger partial charge in [-0.25, -0.2) is 4.79 Å². The van der Waals surface area contributed by atoms with Crippen molar-refractivity contribution in [2.45, 2.75) is 77.0 Å². The highest BCUT2D eigenvalue weighted by Crippen LogP contribution is 2.49.